The molecule has 36 heavy (non-hydrogen) atoms. The van der Waals surface area contributed by atoms with Gasteiger partial charge in [0.25, 0.3) is 0 Å². The molecule has 0 unspecified atom stereocenters. The zero-order valence-electron chi connectivity index (χ0n) is 19.3. The molecule has 0 bridgehead atoms. The quantitative estimate of drug-likeness (QED) is 0.221. The van der Waals surface area contributed by atoms with Crippen molar-refractivity contribution in [2.24, 2.45) is 0 Å². The van der Waals surface area contributed by atoms with Crippen molar-refractivity contribution < 1.29 is 14.5 Å². The summed E-state index contributed by atoms with van der Waals surface area (Å²) in [5, 5.41) is 26.4. The Morgan fingerprint density at radius 3 is 1.75 bits per heavy atom. The van der Waals surface area contributed by atoms with Crippen LogP contribution >= 0.6 is 0 Å². The fourth-order valence-electron chi connectivity index (χ4n) is 5.57. The van der Waals surface area contributed by atoms with Crippen LogP contribution in [0.5, 0.6) is 0 Å². The van der Waals surface area contributed by atoms with Crippen molar-refractivity contribution in [2.45, 2.75) is 0 Å². The Balaban J connectivity index is 1.53. The Bertz CT molecular complexity index is 1880. The van der Waals surface area contributed by atoms with Gasteiger partial charge in [-0.3, -0.25) is 0 Å². The van der Waals surface area contributed by atoms with Gasteiger partial charge in [-0.2, -0.15) is 0 Å². The molecule has 6 aromatic carbocycles. The minimum Gasteiger partial charge on any atom is -0.455 e. The molecule has 0 aliphatic rings. The summed E-state index contributed by atoms with van der Waals surface area (Å²) in [7, 11) is -1.56. The second kappa shape index (κ2) is 8.09. The molecule has 0 amide bonds. The first-order valence-corrected chi connectivity index (χ1v) is 12.0. The maximum atomic E-state index is 10.3. The van der Waals surface area contributed by atoms with Gasteiger partial charge in [0.05, 0.1) is 0 Å². The molecule has 0 spiro atoms. The molecule has 3 nitrogen and oxygen atoms in total. The Labute approximate surface area is 208 Å². The smallest absolute Gasteiger partial charge is 0.455 e. The van der Waals surface area contributed by atoms with Crippen molar-refractivity contribution in [2.75, 3.05) is 0 Å². The fraction of sp³-hybridized carbons (Fsp3) is 0. The van der Waals surface area contributed by atoms with E-state index in [2.05, 4.69) is 60.7 Å². The first kappa shape index (κ1) is 21.0. The molecule has 170 valence electrons. The predicted molar refractivity (Wildman–Crippen MR) is 149 cm³/mol. The van der Waals surface area contributed by atoms with Gasteiger partial charge in [0.1, 0.15) is 11.2 Å². The van der Waals surface area contributed by atoms with Crippen LogP contribution in [-0.2, 0) is 0 Å². The van der Waals surface area contributed by atoms with Gasteiger partial charge in [-0.15, -0.1) is 0 Å². The molecule has 0 radical (unpaired) electrons. The lowest BCUT2D eigenvalue weighted by atomic mass is 9.72. The third-order valence-electron chi connectivity index (χ3n) is 7.10. The summed E-state index contributed by atoms with van der Waals surface area (Å²) < 4.78 is 6.31. The fourth-order valence-corrected chi connectivity index (χ4v) is 5.57. The summed E-state index contributed by atoms with van der Waals surface area (Å²) in [6.07, 6.45) is 0. The molecule has 4 heteroatoms. The van der Waals surface area contributed by atoms with Crippen LogP contribution in [0.1, 0.15) is 0 Å². The molecule has 0 saturated heterocycles. The summed E-state index contributed by atoms with van der Waals surface area (Å²) in [6.45, 7) is 0. The predicted octanol–water partition coefficient (Wildman–Crippen LogP) is 6.91. The minimum absolute atomic E-state index is 0.535. The lowest BCUT2D eigenvalue weighted by Gasteiger charge is -2.17. The summed E-state index contributed by atoms with van der Waals surface area (Å²) in [5.74, 6) is 0. The highest BCUT2D eigenvalue weighted by Crippen LogP contribution is 2.40. The third-order valence-corrected chi connectivity index (χ3v) is 7.10. The van der Waals surface area contributed by atoms with Crippen LogP contribution < -0.4 is 5.46 Å². The van der Waals surface area contributed by atoms with Crippen LogP contribution in [0.3, 0.4) is 0 Å². The zero-order chi connectivity index (χ0) is 24.2. The van der Waals surface area contributed by atoms with Crippen LogP contribution in [-0.4, -0.2) is 17.2 Å². The van der Waals surface area contributed by atoms with Gasteiger partial charge in [-0.05, 0) is 55.8 Å². The van der Waals surface area contributed by atoms with Crippen LogP contribution in [0, 0.1) is 0 Å². The van der Waals surface area contributed by atoms with Gasteiger partial charge in [-0.1, -0.05) is 103 Å². The Morgan fingerprint density at radius 2 is 1.06 bits per heavy atom. The van der Waals surface area contributed by atoms with E-state index in [0.717, 1.165) is 65.7 Å². The summed E-state index contributed by atoms with van der Waals surface area (Å²) >= 11 is 0. The van der Waals surface area contributed by atoms with Crippen molar-refractivity contribution >= 4 is 56.1 Å². The minimum atomic E-state index is -1.56. The molecule has 0 aliphatic heterocycles. The molecule has 1 aromatic heterocycles. The topological polar surface area (TPSA) is 53.6 Å². The molecule has 0 fully saturated rings. The van der Waals surface area contributed by atoms with Gasteiger partial charge in [0.15, 0.2) is 0 Å². The van der Waals surface area contributed by atoms with Gasteiger partial charge in [0.2, 0.25) is 0 Å². The van der Waals surface area contributed by atoms with Crippen molar-refractivity contribution in [3.05, 3.63) is 115 Å². The highest BCUT2D eigenvalue weighted by atomic mass is 16.4. The average Bonchev–Trinajstić information content (AvgIpc) is 3.30. The first-order chi connectivity index (χ1) is 17.7. The zero-order valence-corrected chi connectivity index (χ0v) is 19.3. The van der Waals surface area contributed by atoms with Gasteiger partial charge in [-0.25, -0.2) is 0 Å². The standard InChI is InChI=1S/C32H21BO3/c34-33(35)31-26-14-3-1-12-24(26)30(25-13-2-4-15-27(25)31)21-10-7-9-20(19-21)22-16-8-17-28-23-11-5-6-18-29(23)36-32(22)28/h1-19,34-35H. The first-order valence-electron chi connectivity index (χ1n) is 12.0. The van der Waals surface area contributed by atoms with E-state index in [0.29, 0.717) is 5.46 Å². The molecule has 1 heterocycles. The maximum absolute atomic E-state index is 10.3. The number of rotatable bonds is 3. The van der Waals surface area contributed by atoms with E-state index in [1.165, 1.54) is 0 Å². The van der Waals surface area contributed by atoms with Crippen LogP contribution in [0.15, 0.2) is 120 Å². The average molecular weight is 464 g/mol. The highest BCUT2D eigenvalue weighted by Gasteiger charge is 2.22. The van der Waals surface area contributed by atoms with Crippen molar-refractivity contribution in [1.29, 1.82) is 0 Å². The van der Waals surface area contributed by atoms with E-state index < -0.39 is 7.12 Å². The Hall–Kier alpha value is -4.38. The van der Waals surface area contributed by atoms with Crippen LogP contribution in [0.2, 0.25) is 0 Å². The number of hydrogen-bond acceptors (Lipinski definition) is 3. The summed E-state index contributed by atoms with van der Waals surface area (Å²) in [5.41, 5.74) is 6.54. The molecule has 0 saturated carbocycles. The van der Waals surface area contributed by atoms with Crippen LogP contribution in [0.4, 0.5) is 0 Å². The van der Waals surface area contributed by atoms with E-state index in [-0.39, 0.29) is 0 Å². The number of fused-ring (bicyclic) bond motifs is 5. The SMILES string of the molecule is OB(O)c1c2ccccc2c(-c2cccc(-c3cccc4c3oc3ccccc34)c2)c2ccccc12. The van der Waals surface area contributed by atoms with Crippen molar-refractivity contribution in [1.82, 2.24) is 0 Å². The number of benzene rings is 6. The Morgan fingerprint density at radius 1 is 0.500 bits per heavy atom. The molecule has 7 aromatic rings. The van der Waals surface area contributed by atoms with E-state index in [4.69, 9.17) is 4.42 Å². The second-order valence-electron chi connectivity index (χ2n) is 9.11. The van der Waals surface area contributed by atoms with Gasteiger partial charge < -0.3 is 14.5 Å². The number of para-hydroxylation sites is 2. The molecular weight excluding hydrogens is 443 g/mol. The lowest BCUT2D eigenvalue weighted by Crippen LogP contribution is -2.31. The van der Waals surface area contributed by atoms with E-state index in [9.17, 15) is 10.0 Å². The molecule has 0 atom stereocenters. The van der Waals surface area contributed by atoms with Crippen molar-refractivity contribution in [3.63, 3.8) is 0 Å². The number of hydrogen-bond donors (Lipinski definition) is 2. The molecule has 0 aliphatic carbocycles. The van der Waals surface area contributed by atoms with Crippen LogP contribution in [0.25, 0.3) is 65.7 Å². The van der Waals surface area contributed by atoms with E-state index in [1.807, 2.05) is 54.6 Å². The normalized spacial score (nSPS) is 11.6. The highest BCUT2D eigenvalue weighted by molar-refractivity contribution is 6.66. The van der Waals surface area contributed by atoms with Gasteiger partial charge >= 0.3 is 7.12 Å². The monoisotopic (exact) mass is 464 g/mol. The van der Waals surface area contributed by atoms with Crippen molar-refractivity contribution in [3.8, 4) is 22.3 Å². The summed E-state index contributed by atoms with van der Waals surface area (Å²) in [4.78, 5) is 0. The Kier molecular flexibility index (Phi) is 4.71. The molecule has 2 N–H and O–H groups in total. The van der Waals surface area contributed by atoms with E-state index in [1.54, 1.807) is 0 Å². The lowest BCUT2D eigenvalue weighted by molar-refractivity contribution is 0.426. The second-order valence-corrected chi connectivity index (χ2v) is 9.11. The summed E-state index contributed by atoms with van der Waals surface area (Å²) in [6, 6.07) is 38.8. The molecule has 7 rings (SSSR count). The largest absolute Gasteiger partial charge is 0.489 e. The van der Waals surface area contributed by atoms with E-state index >= 15 is 0 Å². The maximum Gasteiger partial charge on any atom is 0.489 e. The third kappa shape index (κ3) is 3.09. The number of furan rings is 1. The van der Waals surface area contributed by atoms with Gasteiger partial charge in [0, 0.05) is 16.3 Å². The molecular formula is C32H21BO3.